The second-order valence-electron chi connectivity index (χ2n) is 5.49. The summed E-state index contributed by atoms with van der Waals surface area (Å²) >= 11 is 12.4. The van der Waals surface area contributed by atoms with Crippen molar-refractivity contribution in [3.05, 3.63) is 61.6 Å². The van der Waals surface area contributed by atoms with E-state index in [1.165, 1.54) is 12.1 Å². The number of hydrogen-bond donors (Lipinski definition) is 0. The van der Waals surface area contributed by atoms with E-state index in [1.54, 1.807) is 6.07 Å². The van der Waals surface area contributed by atoms with E-state index in [-0.39, 0.29) is 15.7 Å². The summed E-state index contributed by atoms with van der Waals surface area (Å²) in [5.74, 6) is 0. The monoisotopic (exact) mass is 377 g/mol. The fraction of sp³-hybridized carbons (Fsp3) is 0.278. The normalized spacial score (nSPS) is 10.7. The van der Waals surface area contributed by atoms with Crippen molar-refractivity contribution in [1.82, 2.24) is 4.90 Å². The van der Waals surface area contributed by atoms with Crippen LogP contribution >= 0.6 is 23.2 Å². The third-order valence-electron chi connectivity index (χ3n) is 4.05. The Morgan fingerprint density at radius 1 is 1.16 bits per heavy atom. The largest absolute Gasteiger partial charge is 0.300 e. The van der Waals surface area contributed by atoms with E-state index in [2.05, 4.69) is 24.8 Å². The summed E-state index contributed by atoms with van der Waals surface area (Å²) in [4.78, 5) is 12.6. The maximum Gasteiger partial charge on any atom is 0.272 e. The van der Waals surface area contributed by atoms with Gasteiger partial charge in [0.25, 0.3) is 5.69 Å². The molecule has 0 bridgehead atoms. The molecule has 25 heavy (non-hydrogen) atoms. The smallest absolute Gasteiger partial charge is 0.272 e. The van der Waals surface area contributed by atoms with Gasteiger partial charge < -0.3 is 0 Å². The average Bonchev–Trinajstić information content (AvgIpc) is 2.59. The van der Waals surface area contributed by atoms with Crippen molar-refractivity contribution in [2.75, 3.05) is 13.1 Å². The van der Waals surface area contributed by atoms with Gasteiger partial charge >= 0.3 is 0 Å². The number of nitrogens with zero attached hydrogens (tertiary/aromatic N) is 3. The molecule has 0 aliphatic carbocycles. The van der Waals surface area contributed by atoms with Gasteiger partial charge in [-0.15, -0.1) is 0 Å². The van der Waals surface area contributed by atoms with Gasteiger partial charge in [0.05, 0.1) is 26.6 Å². The van der Waals surface area contributed by atoms with E-state index in [4.69, 9.17) is 23.2 Å². The second kappa shape index (κ2) is 8.30. The number of nitro benzene ring substituents is 1. The van der Waals surface area contributed by atoms with Gasteiger partial charge in [0, 0.05) is 24.2 Å². The Kier molecular flexibility index (Phi) is 6.38. The summed E-state index contributed by atoms with van der Waals surface area (Å²) in [6.45, 7) is 6.60. The molecule has 0 aromatic heterocycles. The van der Waals surface area contributed by atoms with Crippen LogP contribution in [0.15, 0.2) is 30.3 Å². The molecule has 0 radical (unpaired) electrons. The fourth-order valence-electron chi connectivity index (χ4n) is 2.60. The fourth-order valence-corrected chi connectivity index (χ4v) is 3.30. The van der Waals surface area contributed by atoms with Crippen LogP contribution in [0.5, 0.6) is 0 Å². The zero-order valence-corrected chi connectivity index (χ0v) is 15.4. The van der Waals surface area contributed by atoms with E-state index >= 15 is 0 Å². The second-order valence-corrected chi connectivity index (χ2v) is 6.30. The predicted molar refractivity (Wildman–Crippen MR) is 99.9 cm³/mol. The molecular weight excluding hydrogens is 361 g/mol. The van der Waals surface area contributed by atoms with Crippen LogP contribution in [0.3, 0.4) is 0 Å². The van der Waals surface area contributed by atoms with Gasteiger partial charge in [0.2, 0.25) is 0 Å². The van der Waals surface area contributed by atoms with Crippen molar-refractivity contribution < 1.29 is 4.92 Å². The molecule has 0 atom stereocenters. The molecule has 2 aromatic rings. The summed E-state index contributed by atoms with van der Waals surface area (Å²) in [5.41, 5.74) is 2.43. The minimum Gasteiger partial charge on any atom is -0.300 e. The summed E-state index contributed by atoms with van der Waals surface area (Å²) in [6, 6.07) is 10.2. The van der Waals surface area contributed by atoms with Crippen LogP contribution in [0.1, 0.15) is 25.0 Å². The lowest BCUT2D eigenvalue weighted by Crippen LogP contribution is -2.22. The van der Waals surface area contributed by atoms with Gasteiger partial charge in [-0.3, -0.25) is 15.0 Å². The van der Waals surface area contributed by atoms with Crippen LogP contribution < -0.4 is 0 Å². The molecule has 0 heterocycles. The third kappa shape index (κ3) is 4.29. The lowest BCUT2D eigenvalue weighted by molar-refractivity contribution is -0.384. The zero-order valence-electron chi connectivity index (χ0n) is 13.9. The minimum absolute atomic E-state index is 0.169. The molecule has 0 spiro atoms. The number of non-ortho nitro benzene ring substituents is 1. The number of halogens is 2. The number of nitriles is 1. The van der Waals surface area contributed by atoms with E-state index in [1.807, 2.05) is 12.1 Å². The van der Waals surface area contributed by atoms with E-state index in [0.29, 0.717) is 23.2 Å². The molecule has 7 heteroatoms. The number of benzene rings is 2. The maximum absolute atomic E-state index is 10.9. The van der Waals surface area contributed by atoms with Crippen molar-refractivity contribution in [2.45, 2.75) is 20.4 Å². The molecule has 0 saturated carbocycles. The molecule has 0 amide bonds. The first-order valence-electron chi connectivity index (χ1n) is 7.80. The molecule has 2 rings (SSSR count). The van der Waals surface area contributed by atoms with Crippen LogP contribution in [0.2, 0.25) is 10.0 Å². The Balaban J connectivity index is 2.48. The summed E-state index contributed by atoms with van der Waals surface area (Å²) < 4.78 is 0. The maximum atomic E-state index is 10.9. The van der Waals surface area contributed by atoms with Crippen molar-refractivity contribution in [3.63, 3.8) is 0 Å². The highest BCUT2D eigenvalue weighted by Gasteiger charge is 2.17. The quantitative estimate of drug-likeness (QED) is 0.506. The highest BCUT2D eigenvalue weighted by molar-refractivity contribution is 6.39. The Morgan fingerprint density at radius 3 is 2.24 bits per heavy atom. The van der Waals surface area contributed by atoms with E-state index in [9.17, 15) is 15.4 Å². The molecule has 0 saturated heterocycles. The molecular formula is C18H17Cl2N3O2. The summed E-state index contributed by atoms with van der Waals surface area (Å²) in [6.07, 6.45) is 0. The Labute approximate surface area is 156 Å². The van der Waals surface area contributed by atoms with Gasteiger partial charge in [-0.25, -0.2) is 0 Å². The predicted octanol–water partition coefficient (Wildman–Crippen LogP) is 5.28. The van der Waals surface area contributed by atoms with Crippen LogP contribution in [0.25, 0.3) is 11.1 Å². The van der Waals surface area contributed by atoms with Crippen molar-refractivity contribution in [3.8, 4) is 17.2 Å². The summed E-state index contributed by atoms with van der Waals surface area (Å²) in [5, 5.41) is 20.7. The van der Waals surface area contributed by atoms with E-state index in [0.717, 1.165) is 18.7 Å². The standard InChI is InChI=1S/C18H17Cl2N3O2/c1-3-22(4-2)11-13-6-5-12(7-14(13)10-21)18-16(19)8-15(23(24)25)9-17(18)20/h5-9H,3-4,11H2,1-2H3. The molecule has 0 N–H and O–H groups in total. The first kappa shape index (κ1) is 19.2. The van der Waals surface area contributed by atoms with Gasteiger partial charge in [0.15, 0.2) is 0 Å². The van der Waals surface area contributed by atoms with Crippen molar-refractivity contribution in [2.24, 2.45) is 0 Å². The zero-order chi connectivity index (χ0) is 18.6. The van der Waals surface area contributed by atoms with Gasteiger partial charge in [0.1, 0.15) is 0 Å². The SMILES string of the molecule is CCN(CC)Cc1ccc(-c2c(Cl)cc([N+](=O)[O-])cc2Cl)cc1C#N. The van der Waals surface area contributed by atoms with Gasteiger partial charge in [-0.1, -0.05) is 49.2 Å². The van der Waals surface area contributed by atoms with Crippen molar-refractivity contribution >= 4 is 28.9 Å². The Morgan fingerprint density at radius 2 is 1.76 bits per heavy atom. The Hall–Kier alpha value is -2.13. The van der Waals surface area contributed by atoms with Crippen LogP contribution in [0.4, 0.5) is 5.69 Å². The number of rotatable bonds is 6. The molecule has 130 valence electrons. The molecule has 0 fully saturated rings. The average molecular weight is 378 g/mol. The molecule has 0 unspecified atom stereocenters. The lowest BCUT2D eigenvalue weighted by atomic mass is 9.99. The first-order chi connectivity index (χ1) is 11.9. The molecule has 5 nitrogen and oxygen atoms in total. The third-order valence-corrected chi connectivity index (χ3v) is 4.64. The van der Waals surface area contributed by atoms with E-state index < -0.39 is 4.92 Å². The van der Waals surface area contributed by atoms with Crippen LogP contribution in [-0.2, 0) is 6.54 Å². The Bertz CT molecular complexity index is 820. The molecule has 0 aliphatic rings. The minimum atomic E-state index is -0.546. The highest BCUT2D eigenvalue weighted by atomic mass is 35.5. The molecule has 2 aromatic carbocycles. The van der Waals surface area contributed by atoms with Crippen LogP contribution in [-0.4, -0.2) is 22.9 Å². The summed E-state index contributed by atoms with van der Waals surface area (Å²) in [7, 11) is 0. The van der Waals surface area contributed by atoms with Gasteiger partial charge in [-0.2, -0.15) is 5.26 Å². The number of hydrogen-bond acceptors (Lipinski definition) is 4. The van der Waals surface area contributed by atoms with Crippen molar-refractivity contribution in [1.29, 1.82) is 5.26 Å². The highest BCUT2D eigenvalue weighted by Crippen LogP contribution is 2.38. The van der Waals surface area contributed by atoms with Gasteiger partial charge in [-0.05, 0) is 30.3 Å². The lowest BCUT2D eigenvalue weighted by Gasteiger charge is -2.19. The first-order valence-corrected chi connectivity index (χ1v) is 8.56. The molecule has 0 aliphatic heterocycles. The topological polar surface area (TPSA) is 70.2 Å². The number of nitro groups is 1. The van der Waals surface area contributed by atoms with Crippen LogP contribution in [0, 0.1) is 21.4 Å².